The van der Waals surface area contributed by atoms with Crippen molar-refractivity contribution in [3.05, 3.63) is 70.4 Å². The Kier molecular flexibility index (Phi) is 3.29. The Morgan fingerprint density at radius 2 is 1.79 bits per heavy atom. The van der Waals surface area contributed by atoms with E-state index in [2.05, 4.69) is 19.1 Å². The van der Waals surface area contributed by atoms with Crippen molar-refractivity contribution in [2.45, 2.75) is 12.3 Å². The third-order valence-corrected chi connectivity index (χ3v) is 4.90. The molecule has 0 bridgehead atoms. The maximum absolute atomic E-state index is 13.2. The molecule has 0 aliphatic heterocycles. The van der Waals surface area contributed by atoms with Gasteiger partial charge in [-0.25, -0.2) is 4.39 Å². The molecule has 0 saturated carbocycles. The molecule has 0 fully saturated rings. The summed E-state index contributed by atoms with van der Waals surface area (Å²) in [4.78, 5) is 1.05. The fraction of sp³-hybridized carbons (Fsp3) is 0.125. The highest BCUT2D eigenvalue weighted by atomic mass is 35.5. The largest absolute Gasteiger partial charge is 0.207 e. The third kappa shape index (κ3) is 2.51. The van der Waals surface area contributed by atoms with Crippen LogP contribution >= 0.6 is 22.9 Å². The Morgan fingerprint density at radius 3 is 2.53 bits per heavy atom. The number of fused-ring (bicyclic) bond motifs is 1. The van der Waals surface area contributed by atoms with Crippen LogP contribution in [0, 0.1) is 12.7 Å². The highest BCUT2D eigenvalue weighted by molar-refractivity contribution is 7.19. The number of hydrogen-bond donors (Lipinski definition) is 0. The predicted molar refractivity (Wildman–Crippen MR) is 80.7 cm³/mol. The van der Waals surface area contributed by atoms with Gasteiger partial charge in [0.2, 0.25) is 0 Å². The van der Waals surface area contributed by atoms with Crippen molar-refractivity contribution in [1.82, 2.24) is 0 Å². The number of halogens is 2. The van der Waals surface area contributed by atoms with Crippen molar-refractivity contribution in [2.75, 3.05) is 0 Å². The first-order valence-electron chi connectivity index (χ1n) is 6.03. The van der Waals surface area contributed by atoms with Gasteiger partial charge in [0.1, 0.15) is 5.82 Å². The van der Waals surface area contributed by atoms with Gasteiger partial charge in [-0.2, -0.15) is 0 Å². The third-order valence-electron chi connectivity index (χ3n) is 3.12. The number of thiophene rings is 1. The Bertz CT molecular complexity index is 715. The van der Waals surface area contributed by atoms with Crippen LogP contribution in [-0.2, 0) is 0 Å². The minimum atomic E-state index is -0.206. The minimum absolute atomic E-state index is 0.180. The molecule has 19 heavy (non-hydrogen) atoms. The molecule has 0 aliphatic rings. The maximum atomic E-state index is 13.2. The van der Waals surface area contributed by atoms with Crippen LogP contribution < -0.4 is 0 Å². The van der Waals surface area contributed by atoms with E-state index < -0.39 is 0 Å². The van der Waals surface area contributed by atoms with Crippen LogP contribution in [0.25, 0.3) is 10.1 Å². The zero-order valence-electron chi connectivity index (χ0n) is 10.4. The number of alkyl halides is 1. The van der Waals surface area contributed by atoms with Gasteiger partial charge in [-0.15, -0.1) is 22.9 Å². The predicted octanol–water partition coefficient (Wildman–Crippen LogP) is 5.68. The molecule has 1 atom stereocenters. The average molecular weight is 291 g/mol. The Balaban J connectivity index is 2.01. The minimum Gasteiger partial charge on any atom is -0.207 e. The highest BCUT2D eigenvalue weighted by Crippen LogP contribution is 2.37. The van der Waals surface area contributed by atoms with Crippen molar-refractivity contribution in [2.24, 2.45) is 0 Å². The molecule has 0 nitrogen and oxygen atoms in total. The summed E-state index contributed by atoms with van der Waals surface area (Å²) in [5.41, 5.74) is 2.28. The molecule has 0 saturated heterocycles. The number of aryl methyl sites for hydroxylation is 1. The van der Waals surface area contributed by atoms with Gasteiger partial charge in [0.05, 0.1) is 5.38 Å². The lowest BCUT2D eigenvalue weighted by atomic mass is 10.1. The van der Waals surface area contributed by atoms with Crippen LogP contribution in [0.15, 0.2) is 48.5 Å². The lowest BCUT2D eigenvalue weighted by Gasteiger charge is -2.07. The summed E-state index contributed by atoms with van der Waals surface area (Å²) in [7, 11) is 0. The molecular formula is C16H12ClFS. The first-order chi connectivity index (χ1) is 9.13. The van der Waals surface area contributed by atoms with E-state index in [-0.39, 0.29) is 11.2 Å². The van der Waals surface area contributed by atoms with E-state index in [4.69, 9.17) is 11.6 Å². The summed E-state index contributed by atoms with van der Waals surface area (Å²) in [5, 5.41) is 0.861. The van der Waals surface area contributed by atoms with E-state index in [1.54, 1.807) is 23.5 Å². The zero-order chi connectivity index (χ0) is 13.4. The van der Waals surface area contributed by atoms with E-state index in [0.717, 1.165) is 20.5 Å². The summed E-state index contributed by atoms with van der Waals surface area (Å²) in [6.45, 7) is 2.05. The van der Waals surface area contributed by atoms with Gasteiger partial charge in [-0.05, 0) is 36.1 Å². The van der Waals surface area contributed by atoms with Crippen molar-refractivity contribution in [3.8, 4) is 0 Å². The normalized spacial score (nSPS) is 12.8. The lowest BCUT2D eigenvalue weighted by Crippen LogP contribution is -1.89. The van der Waals surface area contributed by atoms with Crippen molar-refractivity contribution < 1.29 is 4.39 Å². The van der Waals surface area contributed by atoms with Gasteiger partial charge in [0.15, 0.2) is 0 Å². The quantitative estimate of drug-likeness (QED) is 0.533. The first-order valence-corrected chi connectivity index (χ1v) is 7.28. The van der Waals surface area contributed by atoms with Gasteiger partial charge >= 0.3 is 0 Å². The van der Waals surface area contributed by atoms with Gasteiger partial charge < -0.3 is 0 Å². The second kappa shape index (κ2) is 4.95. The summed E-state index contributed by atoms with van der Waals surface area (Å²) < 4.78 is 14.1. The molecule has 3 heteroatoms. The molecule has 0 aliphatic carbocycles. The van der Waals surface area contributed by atoms with Crippen molar-refractivity contribution in [3.63, 3.8) is 0 Å². The summed E-state index contributed by atoms with van der Waals surface area (Å²) in [5.74, 6) is -0.206. The molecule has 1 unspecified atom stereocenters. The molecule has 1 aromatic heterocycles. The molecule has 3 aromatic rings. The SMILES string of the molecule is Cc1ccc(C(Cl)c2cc3ccc(F)cc3s2)cc1. The molecular weight excluding hydrogens is 279 g/mol. The molecule has 0 N–H and O–H groups in total. The van der Waals surface area contributed by atoms with Gasteiger partial charge in [-0.1, -0.05) is 35.9 Å². The average Bonchev–Trinajstić information content (AvgIpc) is 2.81. The van der Waals surface area contributed by atoms with Crippen molar-refractivity contribution in [1.29, 1.82) is 0 Å². The molecule has 0 amide bonds. The smallest absolute Gasteiger partial charge is 0.124 e. The number of benzene rings is 2. The first kappa shape index (κ1) is 12.6. The Labute approximate surface area is 120 Å². The van der Waals surface area contributed by atoms with E-state index >= 15 is 0 Å². The second-order valence-electron chi connectivity index (χ2n) is 4.60. The summed E-state index contributed by atoms with van der Waals surface area (Å²) in [6.07, 6.45) is 0. The number of hydrogen-bond acceptors (Lipinski definition) is 1. The van der Waals surface area contributed by atoms with E-state index in [1.165, 1.54) is 11.6 Å². The summed E-state index contributed by atoms with van der Waals surface area (Å²) >= 11 is 8.06. The molecule has 3 rings (SSSR count). The fourth-order valence-electron chi connectivity index (χ4n) is 2.05. The van der Waals surface area contributed by atoms with Crippen LogP contribution in [0.4, 0.5) is 4.39 Å². The monoisotopic (exact) mass is 290 g/mol. The fourth-order valence-corrected chi connectivity index (χ4v) is 3.49. The topological polar surface area (TPSA) is 0 Å². The Hall–Kier alpha value is -1.38. The second-order valence-corrected chi connectivity index (χ2v) is 6.16. The summed E-state index contributed by atoms with van der Waals surface area (Å²) in [6, 6.07) is 15.1. The van der Waals surface area contributed by atoms with E-state index in [0.29, 0.717) is 0 Å². The highest BCUT2D eigenvalue weighted by Gasteiger charge is 2.14. The van der Waals surface area contributed by atoms with Crippen LogP contribution in [0.5, 0.6) is 0 Å². The van der Waals surface area contributed by atoms with Gasteiger partial charge in [-0.3, -0.25) is 0 Å². The molecule has 0 spiro atoms. The van der Waals surface area contributed by atoms with Crippen LogP contribution in [0.2, 0.25) is 0 Å². The maximum Gasteiger partial charge on any atom is 0.124 e. The van der Waals surface area contributed by atoms with E-state index in [9.17, 15) is 4.39 Å². The zero-order valence-corrected chi connectivity index (χ0v) is 11.9. The molecule has 96 valence electrons. The molecule has 0 radical (unpaired) electrons. The Morgan fingerprint density at radius 1 is 1.05 bits per heavy atom. The van der Waals surface area contributed by atoms with Crippen molar-refractivity contribution >= 4 is 33.0 Å². The van der Waals surface area contributed by atoms with E-state index in [1.807, 2.05) is 18.2 Å². The van der Waals surface area contributed by atoms with Gasteiger partial charge in [0.25, 0.3) is 0 Å². The van der Waals surface area contributed by atoms with Crippen LogP contribution in [-0.4, -0.2) is 0 Å². The standard InChI is InChI=1S/C16H12ClFS/c1-10-2-4-11(5-3-10)16(17)15-8-12-6-7-13(18)9-14(12)19-15/h2-9,16H,1H3. The van der Waals surface area contributed by atoms with Gasteiger partial charge in [0, 0.05) is 9.58 Å². The molecule has 1 heterocycles. The number of rotatable bonds is 2. The molecule has 2 aromatic carbocycles. The lowest BCUT2D eigenvalue weighted by molar-refractivity contribution is 0.630. The van der Waals surface area contributed by atoms with Crippen LogP contribution in [0.3, 0.4) is 0 Å². The van der Waals surface area contributed by atoms with Crippen LogP contribution in [0.1, 0.15) is 21.4 Å².